The molecule has 6 heteroatoms. The van der Waals surface area contributed by atoms with Crippen molar-refractivity contribution >= 4 is 5.71 Å². The monoisotopic (exact) mass is 428 g/mol. The molecule has 0 aromatic heterocycles. The smallest absolute Gasteiger partial charge is 0.231 e. The van der Waals surface area contributed by atoms with E-state index in [0.29, 0.717) is 12.2 Å². The van der Waals surface area contributed by atoms with Gasteiger partial charge < -0.3 is 19.4 Å². The van der Waals surface area contributed by atoms with E-state index in [4.69, 9.17) is 14.2 Å². The number of benzene rings is 1. The summed E-state index contributed by atoms with van der Waals surface area (Å²) in [5.74, 6) is 2.31. The quantitative estimate of drug-likeness (QED) is 0.256. The summed E-state index contributed by atoms with van der Waals surface area (Å²) in [7, 11) is 3.80. The first kappa shape index (κ1) is 23.2. The number of rotatable bonds is 8. The van der Waals surface area contributed by atoms with Crippen molar-refractivity contribution in [1.29, 1.82) is 0 Å². The van der Waals surface area contributed by atoms with E-state index >= 15 is 0 Å². The average molecular weight is 429 g/mol. The van der Waals surface area contributed by atoms with Gasteiger partial charge in [-0.1, -0.05) is 28.5 Å². The molecule has 2 aliphatic rings. The number of allylic oxidation sites excluding steroid dienone is 4. The standard InChI is InChI=1S/C25H36N2O4/c1-16(2)7-9-18(10-8-17(3)4)20(26-28)14-21-23-19(11-12-27(21)5)13-22-24(25(23)29-6)31-15-30-22/h7-8,13,18,21,28H,9-12,14-15H2,1-6H3. The Morgan fingerprint density at radius 1 is 1.23 bits per heavy atom. The Balaban J connectivity index is 1.96. The maximum absolute atomic E-state index is 10.0. The van der Waals surface area contributed by atoms with Crippen LogP contribution in [0.5, 0.6) is 17.2 Å². The van der Waals surface area contributed by atoms with E-state index in [1.54, 1.807) is 7.11 Å². The lowest BCUT2D eigenvalue weighted by atomic mass is 9.84. The maximum Gasteiger partial charge on any atom is 0.231 e. The molecule has 0 radical (unpaired) electrons. The van der Waals surface area contributed by atoms with Crippen molar-refractivity contribution in [2.24, 2.45) is 11.1 Å². The van der Waals surface area contributed by atoms with Gasteiger partial charge in [-0.25, -0.2) is 0 Å². The Hall–Kier alpha value is -2.47. The van der Waals surface area contributed by atoms with Crippen molar-refractivity contribution in [3.63, 3.8) is 0 Å². The van der Waals surface area contributed by atoms with Crippen LogP contribution in [-0.2, 0) is 6.42 Å². The lowest BCUT2D eigenvalue weighted by Gasteiger charge is -2.36. The molecule has 0 fully saturated rings. The largest absolute Gasteiger partial charge is 0.492 e. The number of oxime groups is 1. The van der Waals surface area contributed by atoms with Crippen LogP contribution in [0.1, 0.15) is 64.1 Å². The van der Waals surface area contributed by atoms with Crippen molar-refractivity contribution in [3.05, 3.63) is 40.5 Å². The van der Waals surface area contributed by atoms with Crippen LogP contribution in [0.25, 0.3) is 0 Å². The minimum Gasteiger partial charge on any atom is -0.492 e. The summed E-state index contributed by atoms with van der Waals surface area (Å²) >= 11 is 0. The maximum atomic E-state index is 10.0. The third-order valence-electron chi connectivity index (χ3n) is 6.17. The van der Waals surface area contributed by atoms with Crippen LogP contribution in [0, 0.1) is 5.92 Å². The zero-order valence-electron chi connectivity index (χ0n) is 19.7. The molecular formula is C25H36N2O4. The molecule has 2 aliphatic heterocycles. The van der Waals surface area contributed by atoms with E-state index in [-0.39, 0.29) is 18.8 Å². The summed E-state index contributed by atoms with van der Waals surface area (Å²) in [5, 5.41) is 13.8. The second kappa shape index (κ2) is 10.2. The molecule has 0 bridgehead atoms. The van der Waals surface area contributed by atoms with Gasteiger partial charge in [-0.05, 0) is 65.6 Å². The van der Waals surface area contributed by atoms with E-state index in [0.717, 1.165) is 48.6 Å². The number of ether oxygens (including phenoxy) is 3. The molecule has 170 valence electrons. The molecule has 1 atom stereocenters. The van der Waals surface area contributed by atoms with Crippen LogP contribution >= 0.6 is 0 Å². The van der Waals surface area contributed by atoms with Crippen LogP contribution in [0.2, 0.25) is 0 Å². The van der Waals surface area contributed by atoms with Gasteiger partial charge in [0, 0.05) is 30.5 Å². The van der Waals surface area contributed by atoms with Gasteiger partial charge in [0.15, 0.2) is 11.5 Å². The summed E-state index contributed by atoms with van der Waals surface area (Å²) in [4.78, 5) is 2.32. The molecule has 1 N–H and O–H groups in total. The van der Waals surface area contributed by atoms with E-state index < -0.39 is 0 Å². The lowest BCUT2D eigenvalue weighted by Crippen LogP contribution is -2.35. The van der Waals surface area contributed by atoms with E-state index in [9.17, 15) is 5.21 Å². The Bertz CT molecular complexity index is 860. The summed E-state index contributed by atoms with van der Waals surface area (Å²) in [6, 6.07) is 2.12. The first-order chi connectivity index (χ1) is 14.8. The SMILES string of the molecule is COc1c2c(cc3c1C(CC(=NO)C(CC=C(C)C)CC=C(C)C)N(C)CC3)OCO2. The average Bonchev–Trinajstić information content (AvgIpc) is 3.20. The third kappa shape index (κ3) is 5.24. The van der Waals surface area contributed by atoms with Crippen molar-refractivity contribution in [1.82, 2.24) is 4.90 Å². The van der Waals surface area contributed by atoms with E-state index in [2.05, 4.69) is 63.0 Å². The van der Waals surface area contributed by atoms with Gasteiger partial charge in [-0.2, -0.15) is 0 Å². The topological polar surface area (TPSA) is 63.5 Å². The van der Waals surface area contributed by atoms with Crippen molar-refractivity contribution < 1.29 is 19.4 Å². The molecule has 0 amide bonds. The van der Waals surface area contributed by atoms with Gasteiger partial charge in [0.1, 0.15) is 0 Å². The molecule has 2 heterocycles. The van der Waals surface area contributed by atoms with Crippen molar-refractivity contribution in [2.45, 2.75) is 59.4 Å². The second-order valence-electron chi connectivity index (χ2n) is 8.99. The van der Waals surface area contributed by atoms with E-state index in [1.165, 1.54) is 16.7 Å². The van der Waals surface area contributed by atoms with Crippen LogP contribution in [0.15, 0.2) is 34.5 Å². The van der Waals surface area contributed by atoms with Crippen LogP contribution in [-0.4, -0.2) is 43.3 Å². The number of nitrogens with zero attached hydrogens (tertiary/aromatic N) is 2. The first-order valence-electron chi connectivity index (χ1n) is 11.0. The fourth-order valence-electron chi connectivity index (χ4n) is 4.39. The van der Waals surface area contributed by atoms with Gasteiger partial charge >= 0.3 is 0 Å². The Morgan fingerprint density at radius 3 is 2.48 bits per heavy atom. The number of hydrogen-bond donors (Lipinski definition) is 1. The molecule has 0 aliphatic carbocycles. The van der Waals surface area contributed by atoms with Crippen LogP contribution < -0.4 is 14.2 Å². The zero-order valence-corrected chi connectivity index (χ0v) is 19.7. The molecule has 6 nitrogen and oxygen atoms in total. The van der Waals surface area contributed by atoms with Crippen molar-refractivity contribution in [3.8, 4) is 17.2 Å². The molecule has 31 heavy (non-hydrogen) atoms. The molecule has 1 aromatic carbocycles. The summed E-state index contributed by atoms with van der Waals surface area (Å²) in [6.07, 6.45) is 7.71. The first-order valence-corrected chi connectivity index (χ1v) is 11.0. The van der Waals surface area contributed by atoms with Crippen molar-refractivity contribution in [2.75, 3.05) is 27.5 Å². The van der Waals surface area contributed by atoms with Crippen LogP contribution in [0.4, 0.5) is 0 Å². The molecule has 1 aromatic rings. The molecule has 0 saturated carbocycles. The molecule has 0 saturated heterocycles. The molecule has 1 unspecified atom stereocenters. The summed E-state index contributed by atoms with van der Waals surface area (Å²) in [6.45, 7) is 9.55. The molecular weight excluding hydrogens is 392 g/mol. The lowest BCUT2D eigenvalue weighted by molar-refractivity contribution is 0.170. The second-order valence-corrected chi connectivity index (χ2v) is 8.99. The Morgan fingerprint density at radius 2 is 1.90 bits per heavy atom. The highest BCUT2D eigenvalue weighted by atomic mass is 16.7. The summed E-state index contributed by atoms with van der Waals surface area (Å²) < 4.78 is 17.2. The zero-order chi connectivity index (χ0) is 22.5. The highest BCUT2D eigenvalue weighted by molar-refractivity contribution is 5.87. The van der Waals surface area contributed by atoms with E-state index in [1.807, 2.05) is 0 Å². The predicted molar refractivity (Wildman–Crippen MR) is 124 cm³/mol. The van der Waals surface area contributed by atoms with Gasteiger partial charge in [-0.3, -0.25) is 4.90 Å². The van der Waals surface area contributed by atoms with Gasteiger partial charge in [0.2, 0.25) is 12.5 Å². The highest BCUT2D eigenvalue weighted by Gasteiger charge is 2.35. The highest BCUT2D eigenvalue weighted by Crippen LogP contribution is 2.50. The van der Waals surface area contributed by atoms with Gasteiger partial charge in [0.25, 0.3) is 0 Å². The van der Waals surface area contributed by atoms with Gasteiger partial charge in [-0.15, -0.1) is 0 Å². The molecule has 3 rings (SSSR count). The summed E-state index contributed by atoms with van der Waals surface area (Å²) in [5.41, 5.74) is 5.69. The fraction of sp³-hybridized carbons (Fsp3) is 0.560. The fourth-order valence-corrected chi connectivity index (χ4v) is 4.39. The van der Waals surface area contributed by atoms with Crippen LogP contribution in [0.3, 0.4) is 0 Å². The normalized spacial score (nSPS) is 18.0. The number of fused-ring (bicyclic) bond motifs is 2. The minimum absolute atomic E-state index is 0.0417. The molecule has 0 spiro atoms. The number of methoxy groups -OCH3 is 1. The predicted octanol–water partition coefficient (Wildman–Crippen LogP) is 5.50. The number of likely N-dealkylation sites (N-methyl/N-ethyl adjacent to an activating group) is 1. The number of hydrogen-bond acceptors (Lipinski definition) is 6. The third-order valence-corrected chi connectivity index (χ3v) is 6.17. The minimum atomic E-state index is 0.0417. The Kier molecular flexibility index (Phi) is 7.65. The Labute approximate surface area is 186 Å². The van der Waals surface area contributed by atoms with Gasteiger partial charge in [0.05, 0.1) is 12.8 Å².